The number of carbonyl (C=O) groups excluding carboxylic acids is 1. The number of fused-ring (bicyclic) bond motifs is 2. The Bertz CT molecular complexity index is 1640. The number of aromatic nitrogens is 3. The van der Waals surface area contributed by atoms with Gasteiger partial charge >= 0.3 is 0 Å². The van der Waals surface area contributed by atoms with Gasteiger partial charge in [0.2, 0.25) is 0 Å². The third-order valence-electron chi connectivity index (χ3n) is 6.73. The van der Waals surface area contributed by atoms with Crippen LogP contribution in [-0.4, -0.2) is 39.4 Å². The van der Waals surface area contributed by atoms with Crippen LogP contribution in [0.15, 0.2) is 97.9 Å². The van der Waals surface area contributed by atoms with Gasteiger partial charge in [-0.15, -0.1) is 0 Å². The molecule has 182 valence electrons. The van der Waals surface area contributed by atoms with Gasteiger partial charge in [-0.1, -0.05) is 30.8 Å². The molecule has 0 bridgehead atoms. The first kappa shape index (κ1) is 22.5. The number of nitrogens with one attached hydrogen (secondary N) is 2. The molecule has 5 aromatic rings. The summed E-state index contributed by atoms with van der Waals surface area (Å²) >= 11 is 0. The van der Waals surface area contributed by atoms with Crippen LogP contribution in [0.25, 0.3) is 33.3 Å². The molecular formula is C30H25N5O2. The number of carbonyl (C=O) groups is 1. The molecule has 0 spiro atoms. The smallest absolute Gasteiger partial charge is 0.261 e. The normalized spacial score (nSPS) is 12.9. The zero-order chi connectivity index (χ0) is 25.4. The predicted octanol–water partition coefficient (Wildman–Crippen LogP) is 5.88. The lowest BCUT2D eigenvalue weighted by molar-refractivity contribution is 0.0803. The Labute approximate surface area is 214 Å². The Morgan fingerprint density at radius 2 is 1.81 bits per heavy atom. The van der Waals surface area contributed by atoms with Crippen LogP contribution in [0.5, 0.6) is 5.75 Å². The Balaban J connectivity index is 1.34. The number of anilines is 1. The summed E-state index contributed by atoms with van der Waals surface area (Å²) in [5, 5.41) is 4.27. The number of hydrogen-bond acceptors (Lipinski definition) is 5. The molecular weight excluding hydrogens is 462 g/mol. The highest BCUT2D eigenvalue weighted by Gasteiger charge is 2.27. The van der Waals surface area contributed by atoms with E-state index in [4.69, 9.17) is 4.74 Å². The van der Waals surface area contributed by atoms with Gasteiger partial charge in [0.25, 0.3) is 5.91 Å². The summed E-state index contributed by atoms with van der Waals surface area (Å²) in [5.74, 6) is 1.31. The van der Waals surface area contributed by atoms with Crippen LogP contribution in [0.2, 0.25) is 0 Å². The number of ether oxygens (including phenoxy) is 1. The highest BCUT2D eigenvalue weighted by Crippen LogP contribution is 2.37. The highest BCUT2D eigenvalue weighted by atomic mass is 16.5. The summed E-state index contributed by atoms with van der Waals surface area (Å²) in [6.07, 6.45) is 8.01. The fraction of sp³-hybridized carbons (Fsp3) is 0.100. The van der Waals surface area contributed by atoms with E-state index in [1.165, 1.54) is 0 Å². The molecule has 7 heteroatoms. The number of benzene rings is 2. The lowest BCUT2D eigenvalue weighted by Gasteiger charge is -2.31. The summed E-state index contributed by atoms with van der Waals surface area (Å²) in [4.78, 5) is 27.2. The van der Waals surface area contributed by atoms with E-state index in [2.05, 4.69) is 32.9 Å². The van der Waals surface area contributed by atoms with Crippen molar-refractivity contribution in [2.24, 2.45) is 0 Å². The van der Waals surface area contributed by atoms with Gasteiger partial charge in [-0.05, 0) is 53.9 Å². The van der Waals surface area contributed by atoms with Crippen molar-refractivity contribution < 1.29 is 9.53 Å². The fourth-order valence-corrected chi connectivity index (χ4v) is 4.78. The van der Waals surface area contributed by atoms with Crippen molar-refractivity contribution in [2.45, 2.75) is 6.42 Å². The summed E-state index contributed by atoms with van der Waals surface area (Å²) in [7, 11) is 1.67. The fourth-order valence-electron chi connectivity index (χ4n) is 4.78. The average Bonchev–Trinajstić information content (AvgIpc) is 3.36. The van der Waals surface area contributed by atoms with Gasteiger partial charge in [-0.3, -0.25) is 14.7 Å². The first-order chi connectivity index (χ1) is 18.1. The second-order valence-electron chi connectivity index (χ2n) is 8.92. The molecule has 0 aliphatic carbocycles. The number of methoxy groups -OCH3 is 1. The van der Waals surface area contributed by atoms with Crippen molar-refractivity contribution in [3.63, 3.8) is 0 Å². The number of rotatable bonds is 6. The third kappa shape index (κ3) is 4.10. The lowest BCUT2D eigenvalue weighted by Crippen LogP contribution is -2.38. The van der Waals surface area contributed by atoms with Crippen LogP contribution in [0.1, 0.15) is 15.9 Å². The molecule has 0 atom stereocenters. The Morgan fingerprint density at radius 3 is 2.65 bits per heavy atom. The van der Waals surface area contributed by atoms with Gasteiger partial charge in [0.05, 0.1) is 18.4 Å². The van der Waals surface area contributed by atoms with E-state index in [-0.39, 0.29) is 5.91 Å². The summed E-state index contributed by atoms with van der Waals surface area (Å²) < 4.78 is 5.58. The standard InChI is InChI=1S/C30H25N5O2/c1-19-34-27-8-7-21(15-25(27)30(36)35(19)14-11-20-9-12-31-13-10-20)22-16-24-26(18-33-29(24)32-17-22)23-5-3-4-6-28(23)37-2/h3-10,12-13,15-18,34H,1,11,14H2,2H3,(H,32,33). The second kappa shape index (κ2) is 9.28. The molecule has 0 unspecified atom stereocenters. The Hall–Kier alpha value is -4.91. The van der Waals surface area contributed by atoms with Crippen LogP contribution >= 0.6 is 0 Å². The van der Waals surface area contributed by atoms with Crippen molar-refractivity contribution in [3.05, 3.63) is 109 Å². The molecule has 0 saturated carbocycles. The first-order valence-electron chi connectivity index (χ1n) is 12.0. The second-order valence-corrected chi connectivity index (χ2v) is 8.92. The molecule has 0 saturated heterocycles. The number of H-pyrrole nitrogens is 1. The minimum Gasteiger partial charge on any atom is -0.496 e. The van der Waals surface area contributed by atoms with E-state index in [1.54, 1.807) is 24.4 Å². The largest absolute Gasteiger partial charge is 0.496 e. The van der Waals surface area contributed by atoms with Gasteiger partial charge in [0.15, 0.2) is 0 Å². The van der Waals surface area contributed by atoms with Gasteiger partial charge in [0.1, 0.15) is 17.2 Å². The van der Waals surface area contributed by atoms with Crippen molar-refractivity contribution in [2.75, 3.05) is 19.0 Å². The van der Waals surface area contributed by atoms with Gasteiger partial charge < -0.3 is 15.0 Å². The maximum atomic E-state index is 13.5. The molecule has 0 fully saturated rings. The van der Waals surface area contributed by atoms with Crippen LogP contribution in [0.4, 0.5) is 5.69 Å². The Morgan fingerprint density at radius 1 is 0.973 bits per heavy atom. The zero-order valence-corrected chi connectivity index (χ0v) is 20.4. The van der Waals surface area contributed by atoms with E-state index < -0.39 is 0 Å². The molecule has 2 N–H and O–H groups in total. The quantitative estimate of drug-likeness (QED) is 0.312. The van der Waals surface area contributed by atoms with Crippen molar-refractivity contribution in [1.29, 1.82) is 0 Å². The van der Waals surface area contributed by atoms with Crippen molar-refractivity contribution >= 4 is 22.6 Å². The SMILES string of the molecule is C=C1Nc2ccc(-c3cnc4[nH]cc(-c5ccccc5OC)c4c3)cc2C(=O)N1CCc1ccncc1. The van der Waals surface area contributed by atoms with Crippen LogP contribution in [0.3, 0.4) is 0 Å². The molecule has 3 aromatic heterocycles. The van der Waals surface area contributed by atoms with Crippen LogP contribution in [-0.2, 0) is 6.42 Å². The first-order valence-corrected chi connectivity index (χ1v) is 12.0. The van der Waals surface area contributed by atoms with Crippen LogP contribution in [0, 0.1) is 0 Å². The van der Waals surface area contributed by atoms with E-state index in [9.17, 15) is 4.79 Å². The van der Waals surface area contributed by atoms with E-state index in [1.807, 2.05) is 67.0 Å². The minimum atomic E-state index is -0.0694. The van der Waals surface area contributed by atoms with Crippen molar-refractivity contribution in [1.82, 2.24) is 19.9 Å². The van der Waals surface area contributed by atoms with Gasteiger partial charge in [-0.25, -0.2) is 4.98 Å². The van der Waals surface area contributed by atoms with Crippen LogP contribution < -0.4 is 10.1 Å². The third-order valence-corrected chi connectivity index (χ3v) is 6.73. The van der Waals surface area contributed by atoms with Gasteiger partial charge in [-0.2, -0.15) is 0 Å². The van der Waals surface area contributed by atoms with E-state index in [0.29, 0.717) is 24.4 Å². The lowest BCUT2D eigenvalue weighted by atomic mass is 9.98. The molecule has 0 radical (unpaired) electrons. The van der Waals surface area contributed by atoms with E-state index in [0.717, 1.165) is 50.3 Å². The van der Waals surface area contributed by atoms with Gasteiger partial charge in [0, 0.05) is 53.4 Å². The topological polar surface area (TPSA) is 83.1 Å². The summed E-state index contributed by atoms with van der Waals surface area (Å²) in [6, 6.07) is 19.8. The Kier molecular flexibility index (Phi) is 5.65. The summed E-state index contributed by atoms with van der Waals surface area (Å²) in [6.45, 7) is 4.60. The molecule has 1 amide bonds. The molecule has 37 heavy (non-hydrogen) atoms. The highest BCUT2D eigenvalue weighted by molar-refractivity contribution is 6.04. The number of amides is 1. The molecule has 2 aromatic carbocycles. The average molecular weight is 488 g/mol. The predicted molar refractivity (Wildman–Crippen MR) is 145 cm³/mol. The molecule has 7 nitrogen and oxygen atoms in total. The molecule has 4 heterocycles. The number of hydrogen-bond donors (Lipinski definition) is 2. The number of para-hydroxylation sites is 1. The molecule has 6 rings (SSSR count). The maximum absolute atomic E-state index is 13.5. The minimum absolute atomic E-state index is 0.0694. The number of nitrogens with zero attached hydrogens (tertiary/aromatic N) is 3. The summed E-state index contributed by atoms with van der Waals surface area (Å²) in [5.41, 5.74) is 7.11. The maximum Gasteiger partial charge on any atom is 0.261 e. The monoisotopic (exact) mass is 487 g/mol. The molecule has 1 aliphatic rings. The van der Waals surface area contributed by atoms with E-state index >= 15 is 0 Å². The van der Waals surface area contributed by atoms with Crippen molar-refractivity contribution in [3.8, 4) is 28.0 Å². The molecule has 1 aliphatic heterocycles. The number of aromatic amines is 1. The number of pyridine rings is 2. The zero-order valence-electron chi connectivity index (χ0n) is 20.4.